The Bertz CT molecular complexity index is 1450. The van der Waals surface area contributed by atoms with Gasteiger partial charge >= 0.3 is 0 Å². The van der Waals surface area contributed by atoms with Crippen molar-refractivity contribution in [3.8, 4) is 0 Å². The number of fused-ring (bicyclic) bond motifs is 1. The lowest BCUT2D eigenvalue weighted by Crippen LogP contribution is -2.52. The Morgan fingerprint density at radius 2 is 1.74 bits per heavy atom. The van der Waals surface area contributed by atoms with Gasteiger partial charge < -0.3 is 4.98 Å². The number of aromatic nitrogens is 5. The number of rotatable bonds is 6. The maximum atomic E-state index is 13.7. The minimum absolute atomic E-state index is 0.0709. The Labute approximate surface area is 223 Å². The number of hydrogen-bond donors (Lipinski definition) is 1. The largest absolute Gasteiger partial charge is 0.321 e. The van der Waals surface area contributed by atoms with Crippen molar-refractivity contribution < 1.29 is 0 Å². The fourth-order valence-electron chi connectivity index (χ4n) is 6.49. The van der Waals surface area contributed by atoms with Gasteiger partial charge in [-0.1, -0.05) is 61.2 Å². The van der Waals surface area contributed by atoms with Crippen LogP contribution in [-0.4, -0.2) is 67.2 Å². The average molecular weight is 512 g/mol. The van der Waals surface area contributed by atoms with E-state index in [1.165, 1.54) is 37.7 Å². The van der Waals surface area contributed by atoms with Crippen molar-refractivity contribution in [1.29, 1.82) is 0 Å². The van der Waals surface area contributed by atoms with Crippen LogP contribution < -0.4 is 5.56 Å². The smallest absolute Gasteiger partial charge is 0.253 e. The number of hydrogen-bond acceptors (Lipinski definition) is 6. The molecule has 1 saturated carbocycles. The Hall–Kier alpha value is -3.36. The number of nitrogens with one attached hydrogen (secondary N) is 1. The molecule has 1 N–H and O–H groups in total. The zero-order chi connectivity index (χ0) is 26.1. The molecule has 8 heteroatoms. The molecule has 8 nitrogen and oxygen atoms in total. The first-order valence-corrected chi connectivity index (χ1v) is 14.0. The molecule has 1 aliphatic carbocycles. The van der Waals surface area contributed by atoms with E-state index in [4.69, 9.17) is 0 Å². The summed E-state index contributed by atoms with van der Waals surface area (Å²) in [5.41, 5.74) is 4.92. The molecule has 0 amide bonds. The number of aromatic amines is 1. The Morgan fingerprint density at radius 1 is 0.974 bits per heavy atom. The molecule has 0 radical (unpaired) electrons. The van der Waals surface area contributed by atoms with Gasteiger partial charge in [0.2, 0.25) is 0 Å². The number of piperazine rings is 1. The van der Waals surface area contributed by atoms with E-state index in [9.17, 15) is 4.79 Å². The van der Waals surface area contributed by atoms with Crippen LogP contribution in [0.3, 0.4) is 0 Å². The van der Waals surface area contributed by atoms with Gasteiger partial charge in [0.1, 0.15) is 6.04 Å². The predicted molar refractivity (Wildman–Crippen MR) is 149 cm³/mol. The molecular weight excluding hydrogens is 474 g/mol. The summed E-state index contributed by atoms with van der Waals surface area (Å²) in [4.78, 5) is 21.9. The lowest BCUT2D eigenvalue weighted by atomic mass is 9.93. The Kier molecular flexibility index (Phi) is 7.08. The lowest BCUT2D eigenvalue weighted by molar-refractivity contribution is 0.0618. The van der Waals surface area contributed by atoms with Crippen LogP contribution in [0.4, 0.5) is 0 Å². The van der Waals surface area contributed by atoms with Crippen molar-refractivity contribution in [3.05, 3.63) is 87.0 Å². The van der Waals surface area contributed by atoms with Crippen LogP contribution in [0, 0.1) is 13.8 Å². The summed E-state index contributed by atoms with van der Waals surface area (Å²) in [5.74, 6) is 0.717. The van der Waals surface area contributed by atoms with Crippen molar-refractivity contribution in [2.45, 2.75) is 64.6 Å². The molecule has 2 aliphatic rings. The van der Waals surface area contributed by atoms with Crippen LogP contribution in [0.2, 0.25) is 0 Å². The number of benzene rings is 2. The molecular formula is C30H37N7O. The van der Waals surface area contributed by atoms with E-state index in [0.29, 0.717) is 24.0 Å². The molecule has 1 aliphatic heterocycles. The van der Waals surface area contributed by atoms with Crippen LogP contribution in [0.25, 0.3) is 10.9 Å². The molecule has 2 aromatic heterocycles. The topological polar surface area (TPSA) is 82.9 Å². The number of pyridine rings is 1. The van der Waals surface area contributed by atoms with Crippen molar-refractivity contribution in [2.24, 2.45) is 0 Å². The Morgan fingerprint density at radius 3 is 2.50 bits per heavy atom. The molecule has 2 aromatic carbocycles. The van der Waals surface area contributed by atoms with Gasteiger partial charge in [0.15, 0.2) is 5.82 Å². The number of H-pyrrole nitrogens is 1. The average Bonchev–Trinajstić information content (AvgIpc) is 3.38. The summed E-state index contributed by atoms with van der Waals surface area (Å²) < 4.78 is 1.86. The second kappa shape index (κ2) is 10.8. The number of aryl methyl sites for hydroxylation is 2. The first kappa shape index (κ1) is 24.9. The normalized spacial score (nSPS) is 18.7. The van der Waals surface area contributed by atoms with Gasteiger partial charge in [0.25, 0.3) is 5.56 Å². The standard InChI is InChI=1S/C30H37N7O/c1-21-17-22(2)27-24(18-21)19-26(30(38)31-27)28(29-32-33-34-37(29)20-23-9-5-3-6-10-23)36-15-13-35(14-16-36)25-11-7-4-8-12-25/h3,5-6,9-10,17-19,25,28H,4,7-8,11-16,20H2,1-2H3,(H,31,38). The van der Waals surface area contributed by atoms with Gasteiger partial charge in [-0.15, -0.1) is 5.10 Å². The van der Waals surface area contributed by atoms with Crippen molar-refractivity contribution >= 4 is 10.9 Å². The van der Waals surface area contributed by atoms with Crippen LogP contribution >= 0.6 is 0 Å². The third-order valence-corrected chi connectivity index (χ3v) is 8.40. The van der Waals surface area contributed by atoms with Crippen LogP contribution in [-0.2, 0) is 6.54 Å². The number of nitrogens with zero attached hydrogens (tertiary/aromatic N) is 6. The second-order valence-corrected chi connectivity index (χ2v) is 11.0. The SMILES string of the molecule is Cc1cc(C)c2[nH]c(=O)c(C(c3nnnn3Cc3ccccc3)N3CCN(C4CCCCC4)CC3)cc2c1. The zero-order valence-electron chi connectivity index (χ0n) is 22.4. The Balaban J connectivity index is 1.38. The molecule has 1 unspecified atom stereocenters. The maximum Gasteiger partial charge on any atom is 0.253 e. The van der Waals surface area contributed by atoms with Gasteiger partial charge in [-0.05, 0) is 65.8 Å². The fraction of sp³-hybridized carbons (Fsp3) is 0.467. The highest BCUT2D eigenvalue weighted by atomic mass is 16.1. The molecule has 4 aromatic rings. The monoisotopic (exact) mass is 511 g/mol. The molecule has 198 valence electrons. The minimum Gasteiger partial charge on any atom is -0.321 e. The first-order chi connectivity index (χ1) is 18.6. The summed E-state index contributed by atoms with van der Waals surface area (Å²) in [6, 6.07) is 16.9. The highest BCUT2D eigenvalue weighted by molar-refractivity contribution is 5.83. The van der Waals surface area contributed by atoms with Crippen molar-refractivity contribution in [3.63, 3.8) is 0 Å². The van der Waals surface area contributed by atoms with Crippen molar-refractivity contribution in [2.75, 3.05) is 26.2 Å². The molecule has 3 heterocycles. The van der Waals surface area contributed by atoms with Crippen LogP contribution in [0.15, 0.2) is 53.3 Å². The maximum absolute atomic E-state index is 13.7. The third kappa shape index (κ3) is 5.02. The second-order valence-electron chi connectivity index (χ2n) is 11.0. The van der Waals surface area contributed by atoms with Crippen LogP contribution in [0.1, 0.15) is 66.2 Å². The fourth-order valence-corrected chi connectivity index (χ4v) is 6.49. The summed E-state index contributed by atoms with van der Waals surface area (Å²) >= 11 is 0. The molecule has 0 spiro atoms. The van der Waals surface area contributed by atoms with Gasteiger partial charge in [-0.2, -0.15) is 0 Å². The van der Waals surface area contributed by atoms with Gasteiger partial charge in [-0.3, -0.25) is 14.6 Å². The molecule has 2 fully saturated rings. The lowest BCUT2D eigenvalue weighted by Gasteiger charge is -2.43. The minimum atomic E-state index is -0.323. The first-order valence-electron chi connectivity index (χ1n) is 14.0. The number of tetrazole rings is 1. The molecule has 38 heavy (non-hydrogen) atoms. The molecule has 1 saturated heterocycles. The molecule has 6 rings (SSSR count). The van der Waals surface area contributed by atoms with E-state index in [1.54, 1.807) is 0 Å². The van der Waals surface area contributed by atoms with E-state index < -0.39 is 0 Å². The summed E-state index contributed by atoms with van der Waals surface area (Å²) in [5, 5.41) is 14.0. The molecule has 0 bridgehead atoms. The van der Waals surface area contributed by atoms with Gasteiger partial charge in [0.05, 0.1) is 12.1 Å². The van der Waals surface area contributed by atoms with Gasteiger partial charge in [0, 0.05) is 37.8 Å². The summed E-state index contributed by atoms with van der Waals surface area (Å²) in [6.45, 7) is 8.47. The van der Waals surface area contributed by atoms with Gasteiger partial charge in [-0.25, -0.2) is 4.68 Å². The van der Waals surface area contributed by atoms with E-state index in [-0.39, 0.29) is 11.6 Å². The van der Waals surface area contributed by atoms with E-state index in [1.807, 2.05) is 29.8 Å². The third-order valence-electron chi connectivity index (χ3n) is 8.40. The molecule has 1 atom stereocenters. The highest BCUT2D eigenvalue weighted by Gasteiger charge is 2.34. The van der Waals surface area contributed by atoms with Crippen molar-refractivity contribution in [1.82, 2.24) is 35.0 Å². The predicted octanol–water partition coefficient (Wildman–Crippen LogP) is 4.22. The summed E-state index contributed by atoms with van der Waals surface area (Å²) in [7, 11) is 0. The zero-order valence-corrected chi connectivity index (χ0v) is 22.4. The highest BCUT2D eigenvalue weighted by Crippen LogP contribution is 2.31. The van der Waals surface area contributed by atoms with Crippen LogP contribution in [0.5, 0.6) is 0 Å². The van der Waals surface area contributed by atoms with E-state index >= 15 is 0 Å². The van der Waals surface area contributed by atoms with E-state index in [0.717, 1.165) is 48.2 Å². The van der Waals surface area contributed by atoms with E-state index in [2.05, 4.69) is 67.6 Å². The summed E-state index contributed by atoms with van der Waals surface area (Å²) in [6.07, 6.45) is 6.66. The quantitative estimate of drug-likeness (QED) is 0.417.